The summed E-state index contributed by atoms with van der Waals surface area (Å²) >= 11 is 0. The molecule has 0 aliphatic heterocycles. The molecule has 2 unspecified atom stereocenters. The molecule has 0 heterocycles. The highest BCUT2D eigenvalue weighted by Gasteiger charge is 2.18. The number of aliphatic hydroxyl groups is 1. The minimum atomic E-state index is -0.176. The van der Waals surface area contributed by atoms with Gasteiger partial charge in [-0.2, -0.15) is 0 Å². The third kappa shape index (κ3) is 2.22. The highest BCUT2D eigenvalue weighted by atomic mass is 16.5. The smallest absolute Gasteiger partial charge is 0.0915 e. The van der Waals surface area contributed by atoms with Crippen LogP contribution in [0.1, 0.15) is 26.2 Å². The van der Waals surface area contributed by atoms with Crippen molar-refractivity contribution < 1.29 is 9.84 Å². The molecule has 1 aliphatic carbocycles. The molecule has 0 aromatic rings. The van der Waals surface area contributed by atoms with Crippen LogP contribution in [0.3, 0.4) is 0 Å². The van der Waals surface area contributed by atoms with Gasteiger partial charge in [0.05, 0.1) is 19.0 Å². The standard InChI is InChI=1S/C9H16O2/c1-7(10)8-3-5-9(11-2)6-4-8/h5,7-8,10H,3-4,6H2,1-2H3. The second kappa shape index (κ2) is 3.77. The zero-order valence-electron chi connectivity index (χ0n) is 7.21. The van der Waals surface area contributed by atoms with Gasteiger partial charge in [-0.25, -0.2) is 0 Å². The summed E-state index contributed by atoms with van der Waals surface area (Å²) in [5.41, 5.74) is 0. The summed E-state index contributed by atoms with van der Waals surface area (Å²) < 4.78 is 5.10. The summed E-state index contributed by atoms with van der Waals surface area (Å²) in [5.74, 6) is 1.51. The fourth-order valence-corrected chi connectivity index (χ4v) is 1.45. The Bertz CT molecular complexity index is 150. The fraction of sp³-hybridized carbons (Fsp3) is 0.778. The maximum atomic E-state index is 9.27. The van der Waals surface area contributed by atoms with Crippen molar-refractivity contribution in [2.45, 2.75) is 32.3 Å². The number of allylic oxidation sites excluding steroid dienone is 2. The van der Waals surface area contributed by atoms with Crippen LogP contribution >= 0.6 is 0 Å². The van der Waals surface area contributed by atoms with Crippen molar-refractivity contribution in [3.05, 3.63) is 11.8 Å². The molecule has 0 spiro atoms. The predicted molar refractivity (Wildman–Crippen MR) is 44.1 cm³/mol. The van der Waals surface area contributed by atoms with Gasteiger partial charge in [0.15, 0.2) is 0 Å². The lowest BCUT2D eigenvalue weighted by molar-refractivity contribution is 0.111. The molecule has 0 saturated carbocycles. The van der Waals surface area contributed by atoms with E-state index in [1.165, 1.54) is 0 Å². The quantitative estimate of drug-likeness (QED) is 0.659. The maximum absolute atomic E-state index is 9.27. The summed E-state index contributed by atoms with van der Waals surface area (Å²) in [7, 11) is 1.70. The SMILES string of the molecule is COC1=CCC(C(C)O)CC1. The first-order valence-corrected chi connectivity index (χ1v) is 4.15. The van der Waals surface area contributed by atoms with Crippen molar-refractivity contribution in [3.63, 3.8) is 0 Å². The summed E-state index contributed by atoms with van der Waals surface area (Å²) in [5, 5.41) is 9.27. The molecule has 0 fully saturated rings. The molecule has 0 aromatic carbocycles. The molecule has 64 valence electrons. The zero-order valence-corrected chi connectivity index (χ0v) is 7.21. The van der Waals surface area contributed by atoms with Gasteiger partial charge in [0.25, 0.3) is 0 Å². The Morgan fingerprint density at radius 2 is 2.45 bits per heavy atom. The minimum absolute atomic E-state index is 0.176. The van der Waals surface area contributed by atoms with E-state index in [2.05, 4.69) is 6.08 Å². The number of hydrogen-bond donors (Lipinski definition) is 1. The van der Waals surface area contributed by atoms with Crippen molar-refractivity contribution in [2.24, 2.45) is 5.92 Å². The molecule has 1 rings (SSSR count). The molecule has 1 N–H and O–H groups in total. The first-order valence-electron chi connectivity index (χ1n) is 4.15. The second-order valence-corrected chi connectivity index (χ2v) is 3.15. The highest BCUT2D eigenvalue weighted by molar-refractivity contribution is 4.99. The van der Waals surface area contributed by atoms with Crippen molar-refractivity contribution in [1.82, 2.24) is 0 Å². The Balaban J connectivity index is 2.41. The highest BCUT2D eigenvalue weighted by Crippen LogP contribution is 2.25. The fourth-order valence-electron chi connectivity index (χ4n) is 1.45. The molecule has 11 heavy (non-hydrogen) atoms. The Hall–Kier alpha value is -0.500. The van der Waals surface area contributed by atoms with Crippen molar-refractivity contribution >= 4 is 0 Å². The van der Waals surface area contributed by atoms with Crippen LogP contribution in [-0.4, -0.2) is 18.3 Å². The van der Waals surface area contributed by atoms with Crippen molar-refractivity contribution in [2.75, 3.05) is 7.11 Å². The van der Waals surface area contributed by atoms with Gasteiger partial charge in [-0.15, -0.1) is 0 Å². The summed E-state index contributed by atoms with van der Waals surface area (Å²) in [4.78, 5) is 0. The summed E-state index contributed by atoms with van der Waals surface area (Å²) in [6.07, 6.45) is 4.90. The minimum Gasteiger partial charge on any atom is -0.501 e. The molecule has 0 radical (unpaired) electrons. The average Bonchev–Trinajstić information content (AvgIpc) is 2.05. The molecule has 2 nitrogen and oxygen atoms in total. The van der Waals surface area contributed by atoms with Crippen LogP contribution in [0.25, 0.3) is 0 Å². The van der Waals surface area contributed by atoms with Gasteiger partial charge >= 0.3 is 0 Å². The lowest BCUT2D eigenvalue weighted by atomic mass is 9.89. The lowest BCUT2D eigenvalue weighted by Crippen LogP contribution is -2.18. The van der Waals surface area contributed by atoms with Crippen molar-refractivity contribution in [1.29, 1.82) is 0 Å². The molecule has 2 heteroatoms. The molecule has 0 saturated heterocycles. The molecular weight excluding hydrogens is 140 g/mol. The van der Waals surface area contributed by atoms with E-state index in [-0.39, 0.29) is 6.10 Å². The maximum Gasteiger partial charge on any atom is 0.0915 e. The number of hydrogen-bond acceptors (Lipinski definition) is 2. The first kappa shape index (κ1) is 8.60. The van der Waals surface area contributed by atoms with E-state index in [0.29, 0.717) is 5.92 Å². The topological polar surface area (TPSA) is 29.5 Å². The monoisotopic (exact) mass is 156 g/mol. The normalized spacial score (nSPS) is 27.5. The predicted octanol–water partition coefficient (Wildman–Crippen LogP) is 1.70. The van der Waals surface area contributed by atoms with Crippen LogP contribution in [0.2, 0.25) is 0 Å². The van der Waals surface area contributed by atoms with Gasteiger partial charge < -0.3 is 9.84 Å². The lowest BCUT2D eigenvalue weighted by Gasteiger charge is -2.23. The average molecular weight is 156 g/mol. The van der Waals surface area contributed by atoms with Gasteiger partial charge in [-0.05, 0) is 31.8 Å². The summed E-state index contributed by atoms with van der Waals surface area (Å²) in [6, 6.07) is 0. The summed E-state index contributed by atoms with van der Waals surface area (Å²) in [6.45, 7) is 1.86. The molecule has 0 bridgehead atoms. The first-order chi connectivity index (χ1) is 5.24. The largest absolute Gasteiger partial charge is 0.501 e. The van der Waals surface area contributed by atoms with E-state index in [0.717, 1.165) is 25.0 Å². The number of ether oxygens (including phenoxy) is 1. The molecule has 0 aromatic heterocycles. The van der Waals surface area contributed by atoms with E-state index in [1.807, 2.05) is 6.92 Å². The van der Waals surface area contributed by atoms with E-state index in [4.69, 9.17) is 4.74 Å². The van der Waals surface area contributed by atoms with Crippen LogP contribution in [0.5, 0.6) is 0 Å². The van der Waals surface area contributed by atoms with Crippen LogP contribution in [-0.2, 0) is 4.74 Å². The molecular formula is C9H16O2. The van der Waals surface area contributed by atoms with Crippen LogP contribution in [0.4, 0.5) is 0 Å². The second-order valence-electron chi connectivity index (χ2n) is 3.15. The Morgan fingerprint density at radius 3 is 2.82 bits per heavy atom. The van der Waals surface area contributed by atoms with Gasteiger partial charge in [0.1, 0.15) is 0 Å². The Labute approximate surface area is 67.9 Å². The zero-order chi connectivity index (χ0) is 8.27. The van der Waals surface area contributed by atoms with E-state index in [9.17, 15) is 5.11 Å². The Morgan fingerprint density at radius 1 is 1.73 bits per heavy atom. The van der Waals surface area contributed by atoms with E-state index in [1.54, 1.807) is 7.11 Å². The number of rotatable bonds is 2. The van der Waals surface area contributed by atoms with Crippen molar-refractivity contribution in [3.8, 4) is 0 Å². The van der Waals surface area contributed by atoms with Gasteiger partial charge in [-0.1, -0.05) is 0 Å². The number of methoxy groups -OCH3 is 1. The van der Waals surface area contributed by atoms with Gasteiger partial charge in [0, 0.05) is 6.42 Å². The molecule has 1 aliphatic rings. The third-order valence-electron chi connectivity index (χ3n) is 2.35. The van der Waals surface area contributed by atoms with Crippen LogP contribution in [0, 0.1) is 5.92 Å². The van der Waals surface area contributed by atoms with E-state index >= 15 is 0 Å². The molecule has 0 amide bonds. The third-order valence-corrected chi connectivity index (χ3v) is 2.35. The Kier molecular flexibility index (Phi) is 2.94. The van der Waals surface area contributed by atoms with E-state index < -0.39 is 0 Å². The van der Waals surface area contributed by atoms with Crippen LogP contribution < -0.4 is 0 Å². The number of aliphatic hydroxyl groups excluding tert-OH is 1. The van der Waals surface area contributed by atoms with Gasteiger partial charge in [0.2, 0.25) is 0 Å². The molecule has 2 atom stereocenters. The van der Waals surface area contributed by atoms with Crippen LogP contribution in [0.15, 0.2) is 11.8 Å². The van der Waals surface area contributed by atoms with Gasteiger partial charge in [-0.3, -0.25) is 0 Å².